The van der Waals surface area contributed by atoms with Crippen LogP contribution in [0, 0.1) is 5.41 Å². The number of carbonyl (C=O) groups excluding carboxylic acids is 1. The van der Waals surface area contributed by atoms with Crippen molar-refractivity contribution in [3.05, 3.63) is 35.9 Å². The van der Waals surface area contributed by atoms with E-state index in [9.17, 15) is 4.79 Å². The smallest absolute Gasteiger partial charge is 0.251 e. The third kappa shape index (κ3) is 3.32. The number of hydrogen-bond acceptors (Lipinski definition) is 1. The predicted octanol–water partition coefficient (Wildman–Crippen LogP) is 3.39. The molecular weight excluding hydrogens is 210 g/mol. The minimum absolute atomic E-state index is 0.0651. The van der Waals surface area contributed by atoms with Gasteiger partial charge in [-0.25, -0.2) is 0 Å². The first kappa shape index (κ1) is 12.2. The van der Waals surface area contributed by atoms with Crippen LogP contribution in [0.3, 0.4) is 0 Å². The lowest BCUT2D eigenvalue weighted by atomic mass is 9.75. The van der Waals surface area contributed by atoms with Gasteiger partial charge in [0.05, 0.1) is 0 Å². The highest BCUT2D eigenvalue weighted by Crippen LogP contribution is 2.35. The van der Waals surface area contributed by atoms with Gasteiger partial charge < -0.3 is 5.32 Å². The Morgan fingerprint density at radius 3 is 2.35 bits per heavy atom. The monoisotopic (exact) mass is 231 g/mol. The molecule has 1 aromatic carbocycles. The van der Waals surface area contributed by atoms with Crippen molar-refractivity contribution < 1.29 is 4.79 Å². The van der Waals surface area contributed by atoms with Crippen LogP contribution in [0.25, 0.3) is 0 Å². The fraction of sp³-hybridized carbons (Fsp3) is 0.533. The Morgan fingerprint density at radius 1 is 1.18 bits per heavy atom. The normalized spacial score (nSPS) is 19.9. The van der Waals surface area contributed by atoms with E-state index < -0.39 is 0 Å². The maximum atomic E-state index is 12.0. The van der Waals surface area contributed by atoms with Crippen LogP contribution in [0.5, 0.6) is 0 Å². The van der Waals surface area contributed by atoms with Crippen molar-refractivity contribution >= 4 is 5.91 Å². The van der Waals surface area contributed by atoms with Gasteiger partial charge in [0.15, 0.2) is 0 Å². The fourth-order valence-electron chi connectivity index (χ4n) is 2.40. The molecule has 92 valence electrons. The molecule has 0 bridgehead atoms. The van der Waals surface area contributed by atoms with Crippen molar-refractivity contribution in [1.82, 2.24) is 5.32 Å². The van der Waals surface area contributed by atoms with Gasteiger partial charge in [-0.3, -0.25) is 4.79 Å². The molecule has 1 aromatic rings. The number of rotatable bonds is 2. The first-order chi connectivity index (χ1) is 8.07. The molecule has 0 radical (unpaired) electrons. The summed E-state index contributed by atoms with van der Waals surface area (Å²) in [4.78, 5) is 12.0. The first-order valence-corrected chi connectivity index (χ1v) is 6.43. The third-order valence-electron chi connectivity index (χ3n) is 3.71. The van der Waals surface area contributed by atoms with Crippen LogP contribution >= 0.6 is 0 Å². The van der Waals surface area contributed by atoms with Gasteiger partial charge >= 0.3 is 0 Å². The lowest BCUT2D eigenvalue weighted by Gasteiger charge is -2.34. The molecule has 0 aliphatic heterocycles. The summed E-state index contributed by atoms with van der Waals surface area (Å²) in [5.41, 5.74) is 1.21. The second-order valence-corrected chi connectivity index (χ2v) is 5.78. The Kier molecular flexibility index (Phi) is 3.51. The second kappa shape index (κ2) is 4.91. The summed E-state index contributed by atoms with van der Waals surface area (Å²) in [5, 5.41) is 3.13. The van der Waals surface area contributed by atoms with Gasteiger partial charge in [-0.15, -0.1) is 0 Å². The summed E-state index contributed by atoms with van der Waals surface area (Å²) < 4.78 is 0. The number of nitrogens with one attached hydrogen (secondary N) is 1. The average molecular weight is 231 g/mol. The van der Waals surface area contributed by atoms with Crippen molar-refractivity contribution in [2.24, 2.45) is 5.41 Å². The summed E-state index contributed by atoms with van der Waals surface area (Å²) >= 11 is 0. The molecule has 1 amide bonds. The summed E-state index contributed by atoms with van der Waals surface area (Å²) in [6.07, 6.45) is 4.61. The lowest BCUT2D eigenvalue weighted by molar-refractivity contribution is 0.0909. The maximum Gasteiger partial charge on any atom is 0.251 e. The van der Waals surface area contributed by atoms with E-state index in [0.717, 1.165) is 18.4 Å². The summed E-state index contributed by atoms with van der Waals surface area (Å²) in [5.74, 6) is 0.0651. The highest BCUT2D eigenvalue weighted by Gasteiger charge is 2.27. The quantitative estimate of drug-likeness (QED) is 0.830. The Morgan fingerprint density at radius 2 is 1.76 bits per heavy atom. The highest BCUT2D eigenvalue weighted by molar-refractivity contribution is 5.94. The second-order valence-electron chi connectivity index (χ2n) is 5.78. The lowest BCUT2D eigenvalue weighted by Crippen LogP contribution is -2.39. The molecule has 1 saturated carbocycles. The van der Waals surface area contributed by atoms with Gasteiger partial charge in [0.1, 0.15) is 0 Å². The van der Waals surface area contributed by atoms with Crippen LogP contribution in [0.4, 0.5) is 0 Å². The fourth-order valence-corrected chi connectivity index (χ4v) is 2.40. The molecule has 1 aliphatic carbocycles. The molecule has 0 saturated heterocycles. The number of benzene rings is 1. The zero-order valence-electron chi connectivity index (χ0n) is 10.7. The molecule has 2 nitrogen and oxygen atoms in total. The van der Waals surface area contributed by atoms with E-state index in [1.807, 2.05) is 30.3 Å². The molecule has 1 aliphatic rings. The van der Waals surface area contributed by atoms with Crippen LogP contribution in [-0.4, -0.2) is 11.9 Å². The molecule has 1 N–H and O–H groups in total. The van der Waals surface area contributed by atoms with Crippen molar-refractivity contribution in [2.75, 3.05) is 0 Å². The van der Waals surface area contributed by atoms with Crippen molar-refractivity contribution in [1.29, 1.82) is 0 Å². The topological polar surface area (TPSA) is 29.1 Å². The predicted molar refractivity (Wildman–Crippen MR) is 69.9 cm³/mol. The number of amides is 1. The zero-order valence-corrected chi connectivity index (χ0v) is 10.7. The molecule has 2 rings (SSSR count). The summed E-state index contributed by atoms with van der Waals surface area (Å²) in [7, 11) is 0. The van der Waals surface area contributed by atoms with E-state index in [1.165, 1.54) is 12.8 Å². The summed E-state index contributed by atoms with van der Waals surface area (Å²) in [6.45, 7) is 4.62. The maximum absolute atomic E-state index is 12.0. The van der Waals surface area contributed by atoms with Crippen LogP contribution < -0.4 is 5.32 Å². The minimum Gasteiger partial charge on any atom is -0.349 e. The van der Waals surface area contributed by atoms with Crippen LogP contribution in [0.15, 0.2) is 30.3 Å². The molecule has 0 unspecified atom stereocenters. The third-order valence-corrected chi connectivity index (χ3v) is 3.71. The van der Waals surface area contributed by atoms with Gasteiger partial charge in [0, 0.05) is 11.6 Å². The van der Waals surface area contributed by atoms with Gasteiger partial charge in [-0.05, 0) is 43.2 Å². The van der Waals surface area contributed by atoms with E-state index in [1.54, 1.807) is 0 Å². The SMILES string of the molecule is CC1(C)CCC(NC(=O)c2ccccc2)CC1. The van der Waals surface area contributed by atoms with E-state index in [0.29, 0.717) is 11.5 Å². The average Bonchev–Trinajstić information content (AvgIpc) is 2.33. The molecule has 2 heteroatoms. The molecular formula is C15H21NO. The molecule has 0 spiro atoms. The van der Waals surface area contributed by atoms with Crippen LogP contribution in [0.1, 0.15) is 49.9 Å². The molecule has 0 aromatic heterocycles. The van der Waals surface area contributed by atoms with Crippen LogP contribution in [-0.2, 0) is 0 Å². The Hall–Kier alpha value is -1.31. The largest absolute Gasteiger partial charge is 0.349 e. The number of hydrogen-bond donors (Lipinski definition) is 1. The molecule has 0 heterocycles. The van der Waals surface area contributed by atoms with Gasteiger partial charge in [-0.1, -0.05) is 32.0 Å². The van der Waals surface area contributed by atoms with E-state index in [4.69, 9.17) is 0 Å². The van der Waals surface area contributed by atoms with Crippen LogP contribution in [0.2, 0.25) is 0 Å². The van der Waals surface area contributed by atoms with E-state index >= 15 is 0 Å². The zero-order chi connectivity index (χ0) is 12.3. The Labute approximate surface area is 103 Å². The molecule has 1 fully saturated rings. The van der Waals surface area contributed by atoms with Gasteiger partial charge in [0.25, 0.3) is 5.91 Å². The van der Waals surface area contributed by atoms with E-state index in [2.05, 4.69) is 19.2 Å². The highest BCUT2D eigenvalue weighted by atomic mass is 16.1. The Bertz CT molecular complexity index is 373. The van der Waals surface area contributed by atoms with Gasteiger partial charge in [-0.2, -0.15) is 0 Å². The Balaban J connectivity index is 1.89. The van der Waals surface area contributed by atoms with Crippen molar-refractivity contribution in [3.8, 4) is 0 Å². The standard InChI is InChI=1S/C15H21NO/c1-15(2)10-8-13(9-11-15)16-14(17)12-6-4-3-5-7-12/h3-7,13H,8-11H2,1-2H3,(H,16,17). The van der Waals surface area contributed by atoms with Crippen molar-refractivity contribution in [2.45, 2.75) is 45.6 Å². The molecule has 0 atom stereocenters. The first-order valence-electron chi connectivity index (χ1n) is 6.43. The number of carbonyl (C=O) groups is 1. The molecule has 17 heavy (non-hydrogen) atoms. The van der Waals surface area contributed by atoms with Crippen molar-refractivity contribution in [3.63, 3.8) is 0 Å². The van der Waals surface area contributed by atoms with Gasteiger partial charge in [0.2, 0.25) is 0 Å². The minimum atomic E-state index is 0.0651. The summed E-state index contributed by atoms with van der Waals surface area (Å²) in [6, 6.07) is 9.82. The van der Waals surface area contributed by atoms with E-state index in [-0.39, 0.29) is 5.91 Å².